The first kappa shape index (κ1) is 15.8. The van der Waals surface area contributed by atoms with Gasteiger partial charge >= 0.3 is 0 Å². The molecule has 6 heteroatoms. The first-order valence-corrected chi connectivity index (χ1v) is 11.2. The highest BCUT2D eigenvalue weighted by Gasteiger charge is 2.25. The van der Waals surface area contributed by atoms with E-state index in [4.69, 9.17) is 4.43 Å². The molecule has 0 aliphatic heterocycles. The topological polar surface area (TPSA) is 9.23 Å². The van der Waals surface area contributed by atoms with Crippen LogP contribution in [0.1, 0.15) is 16.5 Å². The quantitative estimate of drug-likeness (QED) is 0.619. The Morgan fingerprint density at radius 1 is 1.10 bits per heavy atom. The van der Waals surface area contributed by atoms with Gasteiger partial charge in [0.05, 0.1) is 0 Å². The predicted octanol–water partition coefficient (Wildman–Crippen LogP) is 5.73. The van der Waals surface area contributed by atoms with Crippen LogP contribution in [0, 0.1) is 11.6 Å². The maximum absolute atomic E-state index is 13.5. The zero-order chi connectivity index (χ0) is 14.9. The van der Waals surface area contributed by atoms with E-state index in [1.807, 2.05) is 11.4 Å². The van der Waals surface area contributed by atoms with E-state index in [0.717, 1.165) is 15.4 Å². The second kappa shape index (κ2) is 6.05. The molecule has 0 aliphatic carbocycles. The summed E-state index contributed by atoms with van der Waals surface area (Å²) < 4.78 is 34.0. The van der Waals surface area contributed by atoms with Crippen molar-refractivity contribution in [2.45, 2.75) is 25.7 Å². The van der Waals surface area contributed by atoms with Gasteiger partial charge in [-0.15, -0.1) is 11.3 Å². The summed E-state index contributed by atoms with van der Waals surface area (Å²) in [5, 5.41) is 1.94. The van der Waals surface area contributed by atoms with Gasteiger partial charge in [-0.3, -0.25) is 0 Å². The molecule has 1 nitrogen and oxygen atoms in total. The molecule has 0 spiro atoms. The van der Waals surface area contributed by atoms with Crippen molar-refractivity contribution in [3.05, 3.63) is 56.2 Å². The van der Waals surface area contributed by atoms with Crippen LogP contribution in [0.25, 0.3) is 0 Å². The Bertz CT molecular complexity index is 589. The standard InChI is InChI=1S/C14H15BrF2OSSi/c1-20(2,3)18-14(13-6-10(15)8-19-13)9-4-11(16)7-12(17)5-9/h4-8,14H,1-3H3. The molecule has 1 unspecified atom stereocenters. The Labute approximate surface area is 130 Å². The van der Waals surface area contributed by atoms with Crippen molar-refractivity contribution < 1.29 is 13.2 Å². The van der Waals surface area contributed by atoms with Crippen LogP contribution in [0.3, 0.4) is 0 Å². The third kappa shape index (κ3) is 4.21. The van der Waals surface area contributed by atoms with E-state index in [0.29, 0.717) is 5.56 Å². The lowest BCUT2D eigenvalue weighted by Gasteiger charge is -2.26. The zero-order valence-corrected chi connectivity index (χ0v) is 14.8. The Balaban J connectivity index is 2.45. The number of halogens is 3. The Morgan fingerprint density at radius 3 is 2.15 bits per heavy atom. The molecule has 0 aliphatic rings. The molecule has 0 fully saturated rings. The van der Waals surface area contributed by atoms with E-state index in [1.54, 1.807) is 0 Å². The van der Waals surface area contributed by atoms with Crippen LogP contribution >= 0.6 is 27.3 Å². The summed E-state index contributed by atoms with van der Waals surface area (Å²) >= 11 is 4.91. The molecule has 0 amide bonds. The number of rotatable bonds is 4. The highest BCUT2D eigenvalue weighted by molar-refractivity contribution is 9.10. The molecule has 108 valence electrons. The highest BCUT2D eigenvalue weighted by Crippen LogP contribution is 2.35. The van der Waals surface area contributed by atoms with Gasteiger partial charge in [0.25, 0.3) is 0 Å². The van der Waals surface area contributed by atoms with Gasteiger partial charge in [0.2, 0.25) is 0 Å². The second-order valence-corrected chi connectivity index (χ2v) is 11.8. The normalized spacial score (nSPS) is 13.5. The van der Waals surface area contributed by atoms with E-state index >= 15 is 0 Å². The molecular formula is C14H15BrF2OSSi. The number of benzene rings is 1. The lowest BCUT2D eigenvalue weighted by molar-refractivity contribution is 0.242. The number of hydrogen-bond acceptors (Lipinski definition) is 2. The lowest BCUT2D eigenvalue weighted by atomic mass is 10.1. The minimum Gasteiger partial charge on any atom is -0.406 e. The van der Waals surface area contributed by atoms with E-state index in [2.05, 4.69) is 35.6 Å². The van der Waals surface area contributed by atoms with Crippen molar-refractivity contribution in [3.8, 4) is 0 Å². The molecule has 1 aromatic carbocycles. The van der Waals surface area contributed by atoms with Crippen LogP contribution in [-0.4, -0.2) is 8.32 Å². The average Bonchev–Trinajstić information content (AvgIpc) is 2.70. The first-order chi connectivity index (χ1) is 9.24. The minimum absolute atomic E-state index is 0.428. The van der Waals surface area contributed by atoms with Crippen LogP contribution in [0.5, 0.6) is 0 Å². The van der Waals surface area contributed by atoms with Crippen molar-refractivity contribution >= 4 is 35.6 Å². The summed E-state index contributed by atoms with van der Waals surface area (Å²) in [6.45, 7) is 6.16. The van der Waals surface area contributed by atoms with E-state index < -0.39 is 26.1 Å². The molecule has 0 N–H and O–H groups in total. The molecule has 2 rings (SSSR count). The Kier molecular flexibility index (Phi) is 4.79. The largest absolute Gasteiger partial charge is 0.406 e. The summed E-state index contributed by atoms with van der Waals surface area (Å²) in [6, 6.07) is 5.47. The molecule has 1 aromatic heterocycles. The summed E-state index contributed by atoms with van der Waals surface area (Å²) in [4.78, 5) is 0.935. The smallest absolute Gasteiger partial charge is 0.185 e. The SMILES string of the molecule is C[Si](C)(C)OC(c1cc(F)cc(F)c1)c1cc(Br)cs1. The summed E-state index contributed by atoms with van der Waals surface area (Å²) in [5.74, 6) is -1.17. The van der Waals surface area contributed by atoms with Gasteiger partial charge in [0, 0.05) is 20.8 Å². The molecule has 0 saturated carbocycles. The fraction of sp³-hybridized carbons (Fsp3) is 0.286. The van der Waals surface area contributed by atoms with E-state index in [9.17, 15) is 8.78 Å². The molecule has 2 aromatic rings. The van der Waals surface area contributed by atoms with Gasteiger partial charge in [-0.05, 0) is 59.3 Å². The van der Waals surface area contributed by atoms with Crippen molar-refractivity contribution in [2.75, 3.05) is 0 Å². The number of thiophene rings is 1. The maximum Gasteiger partial charge on any atom is 0.185 e. The van der Waals surface area contributed by atoms with Crippen LogP contribution < -0.4 is 0 Å². The van der Waals surface area contributed by atoms with E-state index in [1.165, 1.54) is 23.5 Å². The van der Waals surface area contributed by atoms with Crippen molar-refractivity contribution in [2.24, 2.45) is 0 Å². The van der Waals surface area contributed by atoms with Crippen LogP contribution in [-0.2, 0) is 4.43 Å². The summed E-state index contributed by atoms with van der Waals surface area (Å²) in [6.07, 6.45) is -0.428. The first-order valence-electron chi connectivity index (χ1n) is 6.12. The minimum atomic E-state index is -1.86. The average molecular weight is 377 g/mol. The van der Waals surface area contributed by atoms with Gasteiger partial charge in [-0.25, -0.2) is 8.78 Å². The third-order valence-electron chi connectivity index (χ3n) is 2.51. The fourth-order valence-electron chi connectivity index (χ4n) is 1.84. The van der Waals surface area contributed by atoms with Gasteiger partial charge in [0.1, 0.15) is 17.7 Å². The second-order valence-electron chi connectivity index (χ2n) is 5.48. The van der Waals surface area contributed by atoms with Crippen LogP contribution in [0.15, 0.2) is 34.1 Å². The monoisotopic (exact) mass is 376 g/mol. The molecule has 0 saturated heterocycles. The summed E-state index contributed by atoms with van der Waals surface area (Å²) in [7, 11) is -1.86. The highest BCUT2D eigenvalue weighted by atomic mass is 79.9. The maximum atomic E-state index is 13.5. The fourth-order valence-corrected chi connectivity index (χ4v) is 4.39. The van der Waals surface area contributed by atoms with Crippen molar-refractivity contribution in [3.63, 3.8) is 0 Å². The molecule has 20 heavy (non-hydrogen) atoms. The van der Waals surface area contributed by atoms with Gasteiger partial charge in [-0.2, -0.15) is 0 Å². The van der Waals surface area contributed by atoms with Crippen LogP contribution in [0.4, 0.5) is 8.78 Å². The molecule has 0 bridgehead atoms. The molecule has 0 radical (unpaired) electrons. The summed E-state index contributed by atoms with van der Waals surface area (Å²) in [5.41, 5.74) is 0.513. The zero-order valence-electron chi connectivity index (χ0n) is 11.4. The molecule has 1 atom stereocenters. The molecular weight excluding hydrogens is 362 g/mol. The van der Waals surface area contributed by atoms with Crippen LogP contribution in [0.2, 0.25) is 19.6 Å². The van der Waals surface area contributed by atoms with E-state index in [-0.39, 0.29) is 0 Å². The lowest BCUT2D eigenvalue weighted by Crippen LogP contribution is -2.28. The Hall–Kier alpha value is -0.563. The van der Waals surface area contributed by atoms with Gasteiger partial charge in [0.15, 0.2) is 8.32 Å². The Morgan fingerprint density at radius 2 is 1.70 bits per heavy atom. The third-order valence-corrected chi connectivity index (χ3v) is 5.18. The van der Waals surface area contributed by atoms with Gasteiger partial charge < -0.3 is 4.43 Å². The molecule has 1 heterocycles. The van der Waals surface area contributed by atoms with Crippen molar-refractivity contribution in [1.82, 2.24) is 0 Å². The predicted molar refractivity (Wildman–Crippen MR) is 84.7 cm³/mol. The van der Waals surface area contributed by atoms with Crippen molar-refractivity contribution in [1.29, 1.82) is 0 Å². The number of hydrogen-bond donors (Lipinski definition) is 0. The van der Waals surface area contributed by atoms with Gasteiger partial charge in [-0.1, -0.05) is 0 Å².